The summed E-state index contributed by atoms with van der Waals surface area (Å²) < 4.78 is 11.3. The van der Waals surface area contributed by atoms with Gasteiger partial charge in [0.05, 0.1) is 18.8 Å². The molecule has 3 saturated carbocycles. The summed E-state index contributed by atoms with van der Waals surface area (Å²) in [4.78, 5) is 13.1. The SMILES string of the molecule is COCCC(=O)[C@@]12O[C@@H]1C[C@@H]1[C@@H]3CC=C4C[C@H](O)CC[C@]4(C)[C@@H]3CC[C@]12C. The number of epoxide rings is 1. The number of hydrogen-bond donors (Lipinski definition) is 1. The third-order valence-corrected chi connectivity index (χ3v) is 9.46. The first-order valence-corrected chi connectivity index (χ1v) is 10.9. The molecule has 8 atom stereocenters. The molecular formula is C23H34O4. The summed E-state index contributed by atoms with van der Waals surface area (Å²) in [5, 5.41) is 10.2. The molecule has 1 aliphatic heterocycles. The van der Waals surface area contributed by atoms with E-state index in [1.165, 1.54) is 12.0 Å². The second-order valence-electron chi connectivity index (χ2n) is 10.4. The third-order valence-electron chi connectivity index (χ3n) is 9.46. The molecule has 27 heavy (non-hydrogen) atoms. The molecule has 1 N–H and O–H groups in total. The van der Waals surface area contributed by atoms with E-state index in [1.807, 2.05) is 0 Å². The zero-order valence-corrected chi connectivity index (χ0v) is 17.0. The zero-order valence-electron chi connectivity index (χ0n) is 17.0. The lowest BCUT2D eigenvalue weighted by atomic mass is 9.47. The van der Waals surface area contributed by atoms with Gasteiger partial charge in [-0.2, -0.15) is 0 Å². The number of rotatable bonds is 4. The van der Waals surface area contributed by atoms with Crippen LogP contribution in [0.3, 0.4) is 0 Å². The van der Waals surface area contributed by atoms with Gasteiger partial charge in [0.15, 0.2) is 11.4 Å². The van der Waals surface area contributed by atoms with Gasteiger partial charge >= 0.3 is 0 Å². The smallest absolute Gasteiger partial charge is 0.170 e. The molecule has 0 aromatic carbocycles. The number of aliphatic hydroxyl groups excluding tert-OH is 1. The lowest BCUT2D eigenvalue weighted by Crippen LogP contribution is -2.54. The molecule has 1 saturated heterocycles. The highest BCUT2D eigenvalue weighted by atomic mass is 16.6. The first-order chi connectivity index (χ1) is 12.9. The molecular weight excluding hydrogens is 340 g/mol. The van der Waals surface area contributed by atoms with Gasteiger partial charge in [0.25, 0.3) is 0 Å². The molecule has 4 nitrogen and oxygen atoms in total. The first-order valence-electron chi connectivity index (χ1n) is 10.9. The van der Waals surface area contributed by atoms with Crippen molar-refractivity contribution in [3.63, 3.8) is 0 Å². The van der Waals surface area contributed by atoms with Gasteiger partial charge in [-0.25, -0.2) is 0 Å². The topological polar surface area (TPSA) is 59.1 Å². The number of ether oxygens (including phenoxy) is 2. The normalized spacial score (nSPS) is 52.9. The zero-order chi connectivity index (χ0) is 19.0. The third kappa shape index (κ3) is 2.24. The van der Waals surface area contributed by atoms with Crippen molar-refractivity contribution < 1.29 is 19.4 Å². The number of fused-ring (bicyclic) bond motifs is 7. The van der Waals surface area contributed by atoms with Crippen LogP contribution < -0.4 is 0 Å². The van der Waals surface area contributed by atoms with Crippen molar-refractivity contribution in [2.45, 2.75) is 83.0 Å². The maximum absolute atomic E-state index is 13.1. The highest BCUT2D eigenvalue weighted by Crippen LogP contribution is 2.73. The van der Waals surface area contributed by atoms with E-state index in [2.05, 4.69) is 19.9 Å². The van der Waals surface area contributed by atoms with Crippen LogP contribution in [0.5, 0.6) is 0 Å². The molecule has 0 aromatic rings. The fourth-order valence-electron chi connectivity index (χ4n) is 7.94. The number of methoxy groups -OCH3 is 1. The molecule has 0 radical (unpaired) electrons. The largest absolute Gasteiger partial charge is 0.393 e. The van der Waals surface area contributed by atoms with E-state index in [9.17, 15) is 9.90 Å². The van der Waals surface area contributed by atoms with Crippen molar-refractivity contribution >= 4 is 5.78 Å². The summed E-state index contributed by atoms with van der Waals surface area (Å²) in [5.74, 6) is 2.22. The van der Waals surface area contributed by atoms with Crippen LogP contribution in [0.15, 0.2) is 11.6 Å². The summed E-state index contributed by atoms with van der Waals surface area (Å²) in [6, 6.07) is 0. The Balaban J connectivity index is 1.44. The molecule has 5 rings (SSSR count). The van der Waals surface area contributed by atoms with Crippen LogP contribution >= 0.6 is 0 Å². The molecule has 150 valence electrons. The van der Waals surface area contributed by atoms with Gasteiger partial charge < -0.3 is 14.6 Å². The van der Waals surface area contributed by atoms with Crippen LogP contribution in [0.4, 0.5) is 0 Å². The number of allylic oxidation sites excluding steroid dienone is 1. The Bertz CT molecular complexity index is 686. The summed E-state index contributed by atoms with van der Waals surface area (Å²) in [7, 11) is 1.66. The average molecular weight is 375 g/mol. The predicted octanol–water partition coefficient (Wildman–Crippen LogP) is 3.66. The van der Waals surface area contributed by atoms with Crippen molar-refractivity contribution in [1.29, 1.82) is 0 Å². The van der Waals surface area contributed by atoms with Crippen molar-refractivity contribution in [3.8, 4) is 0 Å². The summed E-state index contributed by atoms with van der Waals surface area (Å²) in [6.45, 7) is 5.30. The van der Waals surface area contributed by atoms with Gasteiger partial charge in [0, 0.05) is 18.9 Å². The van der Waals surface area contributed by atoms with E-state index in [-0.39, 0.29) is 28.8 Å². The molecule has 4 heteroatoms. The van der Waals surface area contributed by atoms with Crippen LogP contribution in [-0.2, 0) is 14.3 Å². The lowest BCUT2D eigenvalue weighted by molar-refractivity contribution is -0.138. The fraction of sp³-hybridized carbons (Fsp3) is 0.870. The molecule has 4 aliphatic carbocycles. The Morgan fingerprint density at radius 2 is 2.11 bits per heavy atom. The van der Waals surface area contributed by atoms with E-state index in [0.717, 1.165) is 38.5 Å². The lowest BCUT2D eigenvalue weighted by Gasteiger charge is -2.58. The van der Waals surface area contributed by atoms with Crippen molar-refractivity contribution in [2.24, 2.45) is 28.6 Å². The van der Waals surface area contributed by atoms with Gasteiger partial charge in [-0.3, -0.25) is 4.79 Å². The van der Waals surface area contributed by atoms with Gasteiger partial charge in [-0.1, -0.05) is 25.5 Å². The van der Waals surface area contributed by atoms with Gasteiger partial charge in [0.2, 0.25) is 0 Å². The van der Waals surface area contributed by atoms with Crippen LogP contribution in [0.1, 0.15) is 65.2 Å². The van der Waals surface area contributed by atoms with E-state index in [4.69, 9.17) is 9.47 Å². The number of carbonyl (C=O) groups is 1. The highest BCUT2D eigenvalue weighted by Gasteiger charge is 2.79. The number of Topliss-reactive ketones (excluding diaryl/α,β-unsaturated/α-hetero) is 1. The molecule has 5 aliphatic rings. The Morgan fingerprint density at radius 1 is 1.30 bits per heavy atom. The minimum atomic E-state index is -0.519. The second-order valence-corrected chi connectivity index (χ2v) is 10.4. The summed E-state index contributed by atoms with van der Waals surface area (Å²) in [6.07, 6.45) is 10.3. The molecule has 0 spiro atoms. The molecule has 1 heterocycles. The first kappa shape index (κ1) is 18.3. The standard InChI is InChI=1S/C23H34O4/c1-21-9-6-15(24)12-14(21)4-5-16-17(21)7-10-22(2)18(16)13-20-23(22,27-20)19(25)8-11-26-3/h4,15-18,20,24H,5-13H2,1-3H3/t15-,16-,17-,18-,20-,21+,22-,23-/m1/s1. The Morgan fingerprint density at radius 3 is 2.89 bits per heavy atom. The van der Waals surface area contributed by atoms with Crippen LogP contribution in [0.25, 0.3) is 0 Å². The Kier molecular flexibility index (Phi) is 4.00. The Labute approximate surface area is 162 Å². The van der Waals surface area contributed by atoms with Crippen molar-refractivity contribution in [3.05, 3.63) is 11.6 Å². The van der Waals surface area contributed by atoms with Gasteiger partial charge in [0.1, 0.15) is 0 Å². The van der Waals surface area contributed by atoms with Crippen LogP contribution in [0, 0.1) is 28.6 Å². The number of aliphatic hydroxyl groups is 1. The van der Waals surface area contributed by atoms with Crippen molar-refractivity contribution in [1.82, 2.24) is 0 Å². The summed E-state index contributed by atoms with van der Waals surface area (Å²) >= 11 is 0. The minimum Gasteiger partial charge on any atom is -0.393 e. The second kappa shape index (κ2) is 5.90. The van der Waals surface area contributed by atoms with Gasteiger partial charge in [-0.15, -0.1) is 0 Å². The number of hydrogen-bond acceptors (Lipinski definition) is 4. The quantitative estimate of drug-likeness (QED) is 0.603. The van der Waals surface area contributed by atoms with E-state index < -0.39 is 5.60 Å². The van der Waals surface area contributed by atoms with E-state index in [1.54, 1.807) is 7.11 Å². The molecule has 0 aromatic heterocycles. The van der Waals surface area contributed by atoms with Crippen LogP contribution in [0.2, 0.25) is 0 Å². The number of carbonyl (C=O) groups excluding carboxylic acids is 1. The summed E-state index contributed by atoms with van der Waals surface area (Å²) in [5.41, 5.74) is 1.23. The maximum atomic E-state index is 13.1. The van der Waals surface area contributed by atoms with Crippen LogP contribution in [-0.4, -0.2) is 42.4 Å². The highest BCUT2D eigenvalue weighted by molar-refractivity contribution is 5.92. The predicted molar refractivity (Wildman–Crippen MR) is 102 cm³/mol. The fourth-order valence-corrected chi connectivity index (χ4v) is 7.94. The van der Waals surface area contributed by atoms with E-state index in [0.29, 0.717) is 30.8 Å². The monoisotopic (exact) mass is 374 g/mol. The number of ketones is 1. The average Bonchev–Trinajstić information content (AvgIpc) is 3.32. The minimum absolute atomic E-state index is 0.0143. The maximum Gasteiger partial charge on any atom is 0.170 e. The Hall–Kier alpha value is -0.710. The van der Waals surface area contributed by atoms with Crippen molar-refractivity contribution in [2.75, 3.05) is 13.7 Å². The van der Waals surface area contributed by atoms with Gasteiger partial charge in [-0.05, 0) is 68.1 Å². The molecule has 0 bridgehead atoms. The molecule has 4 fully saturated rings. The molecule has 0 unspecified atom stereocenters. The van der Waals surface area contributed by atoms with E-state index >= 15 is 0 Å². The molecule has 0 amide bonds.